The molecule has 0 saturated carbocycles. The third kappa shape index (κ3) is 3.37. The van der Waals surface area contributed by atoms with Crippen LogP contribution in [0.1, 0.15) is 38.7 Å². The van der Waals surface area contributed by atoms with Crippen molar-refractivity contribution in [3.63, 3.8) is 0 Å². The number of pyridine rings is 1. The Balaban J connectivity index is 1.95. The van der Waals surface area contributed by atoms with Gasteiger partial charge in [0.2, 0.25) is 0 Å². The monoisotopic (exact) mass is 286 g/mol. The van der Waals surface area contributed by atoms with Gasteiger partial charge in [0, 0.05) is 23.3 Å². The molecule has 1 fully saturated rings. The molecule has 1 aromatic rings. The van der Waals surface area contributed by atoms with Crippen LogP contribution in [0.25, 0.3) is 0 Å². The maximum absolute atomic E-state index is 6.18. The van der Waals surface area contributed by atoms with Gasteiger partial charge in [-0.3, -0.25) is 4.90 Å². The first-order chi connectivity index (χ1) is 8.52. The highest BCUT2D eigenvalue weighted by Gasteiger charge is 2.28. The molecule has 1 saturated heterocycles. The fourth-order valence-electron chi connectivity index (χ4n) is 2.40. The number of rotatable bonds is 3. The van der Waals surface area contributed by atoms with Crippen LogP contribution in [0, 0.1) is 5.41 Å². The number of likely N-dealkylation sites (tertiary alicyclic amines) is 1. The highest BCUT2D eigenvalue weighted by molar-refractivity contribution is 6.34. The molecule has 4 heteroatoms. The molecule has 2 heterocycles. The van der Waals surface area contributed by atoms with Crippen molar-refractivity contribution in [1.82, 2.24) is 9.88 Å². The van der Waals surface area contributed by atoms with E-state index in [1.54, 1.807) is 12.3 Å². The Labute approximate surface area is 119 Å². The topological polar surface area (TPSA) is 16.1 Å². The normalized spacial score (nSPS) is 20.0. The SMILES string of the molecule is CCC1(C)CCN(Cc2cnc(Cl)cc2Cl)CC1. The largest absolute Gasteiger partial charge is 0.299 e. The Bertz CT molecular complexity index is 412. The summed E-state index contributed by atoms with van der Waals surface area (Å²) in [6, 6.07) is 1.72. The van der Waals surface area contributed by atoms with E-state index in [9.17, 15) is 0 Å². The van der Waals surface area contributed by atoms with Gasteiger partial charge < -0.3 is 0 Å². The number of hydrogen-bond acceptors (Lipinski definition) is 2. The van der Waals surface area contributed by atoms with Crippen LogP contribution < -0.4 is 0 Å². The highest BCUT2D eigenvalue weighted by Crippen LogP contribution is 2.34. The first-order valence-corrected chi connectivity index (χ1v) is 7.30. The molecule has 2 nitrogen and oxygen atoms in total. The van der Waals surface area contributed by atoms with Crippen molar-refractivity contribution in [3.8, 4) is 0 Å². The second kappa shape index (κ2) is 5.77. The highest BCUT2D eigenvalue weighted by atomic mass is 35.5. The molecule has 0 radical (unpaired) electrons. The third-order valence-electron chi connectivity index (χ3n) is 4.21. The lowest BCUT2D eigenvalue weighted by Gasteiger charge is -2.39. The number of piperidine rings is 1. The molecule has 100 valence electrons. The minimum Gasteiger partial charge on any atom is -0.299 e. The zero-order valence-electron chi connectivity index (χ0n) is 11.0. The molecule has 2 rings (SSSR count). The molecule has 1 aliphatic rings. The van der Waals surface area contributed by atoms with Gasteiger partial charge >= 0.3 is 0 Å². The van der Waals surface area contributed by atoms with Crippen LogP contribution in [0.2, 0.25) is 10.2 Å². The summed E-state index contributed by atoms with van der Waals surface area (Å²) in [4.78, 5) is 6.56. The maximum Gasteiger partial charge on any atom is 0.130 e. The quantitative estimate of drug-likeness (QED) is 0.766. The lowest BCUT2D eigenvalue weighted by atomic mass is 9.78. The van der Waals surface area contributed by atoms with Gasteiger partial charge in [0.15, 0.2) is 0 Å². The van der Waals surface area contributed by atoms with E-state index >= 15 is 0 Å². The lowest BCUT2D eigenvalue weighted by molar-refractivity contribution is 0.109. The van der Waals surface area contributed by atoms with Gasteiger partial charge in [0.25, 0.3) is 0 Å². The van der Waals surface area contributed by atoms with E-state index in [1.165, 1.54) is 19.3 Å². The van der Waals surface area contributed by atoms with Crippen molar-refractivity contribution in [1.29, 1.82) is 0 Å². The predicted molar refractivity (Wildman–Crippen MR) is 77.2 cm³/mol. The van der Waals surface area contributed by atoms with E-state index in [0.29, 0.717) is 10.6 Å². The van der Waals surface area contributed by atoms with Gasteiger partial charge in [-0.2, -0.15) is 0 Å². The maximum atomic E-state index is 6.18. The Hall–Kier alpha value is -0.310. The number of hydrogen-bond donors (Lipinski definition) is 0. The van der Waals surface area contributed by atoms with Crippen LogP contribution in [0.3, 0.4) is 0 Å². The Morgan fingerprint density at radius 1 is 1.33 bits per heavy atom. The van der Waals surface area contributed by atoms with Crippen molar-refractivity contribution in [2.24, 2.45) is 5.41 Å². The van der Waals surface area contributed by atoms with Crippen molar-refractivity contribution in [2.75, 3.05) is 13.1 Å². The minimum atomic E-state index is 0.459. The summed E-state index contributed by atoms with van der Waals surface area (Å²) in [5, 5.41) is 1.18. The lowest BCUT2D eigenvalue weighted by Crippen LogP contribution is -2.38. The molecular formula is C14H20Cl2N2. The van der Waals surface area contributed by atoms with E-state index in [4.69, 9.17) is 23.2 Å². The van der Waals surface area contributed by atoms with Gasteiger partial charge in [0.05, 0.1) is 0 Å². The molecular weight excluding hydrogens is 267 g/mol. The van der Waals surface area contributed by atoms with Crippen molar-refractivity contribution in [2.45, 2.75) is 39.7 Å². The predicted octanol–water partition coefficient (Wildman–Crippen LogP) is 4.40. The minimum absolute atomic E-state index is 0.459. The van der Waals surface area contributed by atoms with Crippen LogP contribution in [-0.4, -0.2) is 23.0 Å². The number of aromatic nitrogens is 1. The average Bonchev–Trinajstić information content (AvgIpc) is 2.36. The second-order valence-electron chi connectivity index (χ2n) is 5.54. The molecule has 0 aromatic carbocycles. The molecule has 1 aliphatic heterocycles. The fourth-order valence-corrected chi connectivity index (χ4v) is 2.82. The Morgan fingerprint density at radius 2 is 2.00 bits per heavy atom. The zero-order chi connectivity index (χ0) is 13.2. The second-order valence-corrected chi connectivity index (χ2v) is 6.33. The molecule has 0 aliphatic carbocycles. The van der Waals surface area contributed by atoms with Crippen LogP contribution >= 0.6 is 23.2 Å². The molecule has 0 amide bonds. The summed E-state index contributed by atoms with van der Waals surface area (Å²) in [7, 11) is 0. The molecule has 0 atom stereocenters. The molecule has 0 unspecified atom stereocenters. The summed E-state index contributed by atoms with van der Waals surface area (Å²) >= 11 is 12.0. The first kappa shape index (κ1) is 14.1. The molecule has 18 heavy (non-hydrogen) atoms. The Morgan fingerprint density at radius 3 is 2.56 bits per heavy atom. The van der Waals surface area contributed by atoms with E-state index in [2.05, 4.69) is 23.7 Å². The van der Waals surface area contributed by atoms with Crippen molar-refractivity contribution in [3.05, 3.63) is 28.0 Å². The van der Waals surface area contributed by atoms with Gasteiger partial charge in [0.1, 0.15) is 5.15 Å². The molecule has 0 bridgehead atoms. The first-order valence-electron chi connectivity index (χ1n) is 6.55. The smallest absolute Gasteiger partial charge is 0.130 e. The number of nitrogens with zero attached hydrogens (tertiary/aromatic N) is 2. The van der Waals surface area contributed by atoms with E-state index in [-0.39, 0.29) is 0 Å². The molecule has 1 aromatic heterocycles. The summed E-state index contributed by atoms with van der Waals surface area (Å²) < 4.78 is 0. The van der Waals surface area contributed by atoms with Gasteiger partial charge in [-0.05, 0) is 37.4 Å². The van der Waals surface area contributed by atoms with E-state index in [1.807, 2.05) is 0 Å². The summed E-state index contributed by atoms with van der Waals surface area (Å²) in [5.41, 5.74) is 1.60. The zero-order valence-corrected chi connectivity index (χ0v) is 12.6. The summed E-state index contributed by atoms with van der Waals surface area (Å²) in [6.07, 6.45) is 5.59. The Kier molecular flexibility index (Phi) is 4.52. The standard InChI is InChI=1S/C14H20Cl2N2/c1-3-14(2)4-6-18(7-5-14)10-11-9-17-13(16)8-12(11)15/h8-9H,3-7,10H2,1-2H3. The summed E-state index contributed by atoms with van der Waals surface area (Å²) in [5.74, 6) is 0. The van der Waals surface area contributed by atoms with Crippen LogP contribution in [0.4, 0.5) is 0 Å². The van der Waals surface area contributed by atoms with Crippen LogP contribution in [-0.2, 0) is 6.54 Å². The fraction of sp³-hybridized carbons (Fsp3) is 0.643. The van der Waals surface area contributed by atoms with Crippen molar-refractivity contribution < 1.29 is 0 Å². The van der Waals surface area contributed by atoms with Crippen LogP contribution in [0.5, 0.6) is 0 Å². The average molecular weight is 287 g/mol. The van der Waals surface area contributed by atoms with Gasteiger partial charge in [-0.25, -0.2) is 4.98 Å². The number of halogens is 2. The molecule has 0 spiro atoms. The van der Waals surface area contributed by atoms with Gasteiger partial charge in [-0.1, -0.05) is 43.5 Å². The molecule has 0 N–H and O–H groups in total. The van der Waals surface area contributed by atoms with E-state index < -0.39 is 0 Å². The van der Waals surface area contributed by atoms with E-state index in [0.717, 1.165) is 30.2 Å². The van der Waals surface area contributed by atoms with Crippen molar-refractivity contribution >= 4 is 23.2 Å². The summed E-state index contributed by atoms with van der Waals surface area (Å²) in [6.45, 7) is 7.84. The van der Waals surface area contributed by atoms with Gasteiger partial charge in [-0.15, -0.1) is 0 Å². The third-order valence-corrected chi connectivity index (χ3v) is 4.77. The van der Waals surface area contributed by atoms with Crippen LogP contribution in [0.15, 0.2) is 12.3 Å².